The predicted molar refractivity (Wildman–Crippen MR) is 161 cm³/mol. The lowest BCUT2D eigenvalue weighted by molar-refractivity contribution is -0.143. The molecule has 2 aromatic heterocycles. The van der Waals surface area contributed by atoms with Crippen LogP contribution < -0.4 is 19.6 Å². The van der Waals surface area contributed by atoms with E-state index in [0.29, 0.717) is 49.0 Å². The van der Waals surface area contributed by atoms with Crippen molar-refractivity contribution in [3.63, 3.8) is 0 Å². The van der Waals surface area contributed by atoms with Gasteiger partial charge in [0, 0.05) is 21.7 Å². The minimum Gasteiger partial charge on any atom is -0.496 e. The predicted octanol–water partition coefficient (Wildman–Crippen LogP) is 5.00. The fourth-order valence-corrected chi connectivity index (χ4v) is 6.17. The first-order valence-electron chi connectivity index (χ1n) is 13.0. The summed E-state index contributed by atoms with van der Waals surface area (Å²) in [6.07, 6.45) is 1.25. The number of ether oxygens (including phenoxy) is 3. The van der Waals surface area contributed by atoms with Gasteiger partial charge in [0.1, 0.15) is 23.3 Å². The first-order chi connectivity index (χ1) is 20.1. The van der Waals surface area contributed by atoms with Crippen LogP contribution >= 0.6 is 27.3 Å². The van der Waals surface area contributed by atoms with Crippen molar-refractivity contribution < 1.29 is 28.2 Å². The minimum atomic E-state index is -0.846. The lowest BCUT2D eigenvalue weighted by Gasteiger charge is -2.26. The summed E-state index contributed by atoms with van der Waals surface area (Å²) >= 11 is 4.69. The molecule has 0 radical (unpaired) electrons. The number of aromatic nitrogens is 1. The van der Waals surface area contributed by atoms with Gasteiger partial charge in [0.05, 0.1) is 41.7 Å². The summed E-state index contributed by atoms with van der Waals surface area (Å²) in [5.74, 6) is 0.305. The maximum absolute atomic E-state index is 14.0. The zero-order valence-electron chi connectivity index (χ0n) is 23.5. The number of benzene rings is 2. The van der Waals surface area contributed by atoms with Crippen LogP contribution in [0.25, 0.3) is 17.4 Å². The first-order valence-corrected chi connectivity index (χ1v) is 14.6. The molecule has 1 atom stereocenters. The van der Waals surface area contributed by atoms with Gasteiger partial charge in [0.2, 0.25) is 0 Å². The fourth-order valence-electron chi connectivity index (χ4n) is 4.76. The number of carbonyl (C=O) groups is 2. The molecule has 11 heteroatoms. The van der Waals surface area contributed by atoms with E-state index < -0.39 is 18.0 Å². The molecular weight excluding hydrogens is 624 g/mol. The van der Waals surface area contributed by atoms with E-state index in [-0.39, 0.29) is 17.2 Å². The van der Waals surface area contributed by atoms with Crippen LogP contribution in [-0.2, 0) is 14.3 Å². The molecule has 0 saturated heterocycles. The molecule has 0 spiro atoms. The monoisotopic (exact) mass is 650 g/mol. The van der Waals surface area contributed by atoms with Crippen LogP contribution in [0, 0.1) is 0 Å². The number of nitrogens with zero attached hydrogens (tertiary/aromatic N) is 2. The van der Waals surface area contributed by atoms with E-state index in [2.05, 4.69) is 20.9 Å². The summed E-state index contributed by atoms with van der Waals surface area (Å²) < 4.78 is 24.7. The molecule has 0 amide bonds. The molecular formula is C31H27BrN2O7S. The lowest BCUT2D eigenvalue weighted by Crippen LogP contribution is -2.40. The molecule has 2 aromatic carbocycles. The second-order valence-electron chi connectivity index (χ2n) is 9.66. The van der Waals surface area contributed by atoms with Gasteiger partial charge >= 0.3 is 11.9 Å². The van der Waals surface area contributed by atoms with E-state index in [4.69, 9.17) is 18.6 Å². The van der Waals surface area contributed by atoms with Gasteiger partial charge in [-0.2, -0.15) is 0 Å². The van der Waals surface area contributed by atoms with Crippen LogP contribution in [0.3, 0.4) is 0 Å². The lowest BCUT2D eigenvalue weighted by atomic mass is 9.95. The number of carbonyl (C=O) groups excluding carboxylic acids is 2. The van der Waals surface area contributed by atoms with Crippen molar-refractivity contribution in [3.05, 3.63) is 107 Å². The number of rotatable bonds is 7. The summed E-state index contributed by atoms with van der Waals surface area (Å²) in [6, 6.07) is 15.0. The molecule has 9 nitrogen and oxygen atoms in total. The van der Waals surface area contributed by atoms with Gasteiger partial charge in [-0.05, 0) is 57.2 Å². The molecule has 216 valence electrons. The second-order valence-corrected chi connectivity index (χ2v) is 11.6. The van der Waals surface area contributed by atoms with Crippen molar-refractivity contribution in [3.8, 4) is 17.1 Å². The molecule has 1 aliphatic rings. The molecule has 0 bridgehead atoms. The van der Waals surface area contributed by atoms with Crippen molar-refractivity contribution in [2.24, 2.45) is 4.99 Å². The number of methoxy groups -OCH3 is 2. The zero-order chi connectivity index (χ0) is 30.1. The van der Waals surface area contributed by atoms with Gasteiger partial charge in [-0.1, -0.05) is 45.5 Å². The highest BCUT2D eigenvalue weighted by atomic mass is 79.9. The number of furan rings is 1. The SMILES string of the molecule is COC(=O)c1ccccc1-c1ccc(/C=c2\sc3n(c2=O)[C@H](c2cc(Br)ccc2OC)C(C(=O)OC(C)C)=C(C)N=3)o1. The van der Waals surface area contributed by atoms with Gasteiger partial charge in [0.15, 0.2) is 4.80 Å². The largest absolute Gasteiger partial charge is 0.496 e. The average molecular weight is 652 g/mol. The Labute approximate surface area is 253 Å². The Morgan fingerprint density at radius 2 is 1.86 bits per heavy atom. The number of thiazole rings is 1. The molecule has 5 rings (SSSR count). The summed E-state index contributed by atoms with van der Waals surface area (Å²) in [7, 11) is 2.85. The molecule has 4 aromatic rings. The third-order valence-corrected chi connectivity index (χ3v) is 8.04. The highest BCUT2D eigenvalue weighted by molar-refractivity contribution is 9.10. The van der Waals surface area contributed by atoms with E-state index in [9.17, 15) is 14.4 Å². The Hall–Kier alpha value is -4.22. The molecule has 0 fully saturated rings. The summed E-state index contributed by atoms with van der Waals surface area (Å²) in [4.78, 5) is 44.7. The van der Waals surface area contributed by atoms with Gasteiger partial charge in [-0.25, -0.2) is 14.6 Å². The number of esters is 2. The summed E-state index contributed by atoms with van der Waals surface area (Å²) in [5, 5.41) is 0. The number of hydrogen-bond acceptors (Lipinski definition) is 9. The Kier molecular flexibility index (Phi) is 8.33. The van der Waals surface area contributed by atoms with Crippen LogP contribution in [-0.4, -0.2) is 36.8 Å². The minimum absolute atomic E-state index is 0.249. The van der Waals surface area contributed by atoms with Gasteiger partial charge in [0.25, 0.3) is 5.56 Å². The summed E-state index contributed by atoms with van der Waals surface area (Å²) in [6.45, 7) is 5.25. The third-order valence-electron chi connectivity index (χ3n) is 6.57. The van der Waals surface area contributed by atoms with Crippen molar-refractivity contribution in [2.75, 3.05) is 14.2 Å². The van der Waals surface area contributed by atoms with Crippen LogP contribution in [0.2, 0.25) is 0 Å². The van der Waals surface area contributed by atoms with E-state index in [1.54, 1.807) is 69.3 Å². The molecule has 42 heavy (non-hydrogen) atoms. The Morgan fingerprint density at radius 1 is 1.10 bits per heavy atom. The topological polar surface area (TPSA) is 109 Å². The quantitative estimate of drug-likeness (QED) is 0.259. The van der Waals surface area contributed by atoms with Crippen molar-refractivity contribution in [1.82, 2.24) is 4.57 Å². The molecule has 1 aliphatic heterocycles. The number of halogens is 1. The Bertz CT molecular complexity index is 1920. The maximum Gasteiger partial charge on any atom is 0.338 e. The van der Waals surface area contributed by atoms with E-state index in [1.165, 1.54) is 30.1 Å². The first kappa shape index (κ1) is 29.3. The maximum atomic E-state index is 14.0. The van der Waals surface area contributed by atoms with Crippen molar-refractivity contribution in [2.45, 2.75) is 32.9 Å². The second kappa shape index (κ2) is 11.9. The van der Waals surface area contributed by atoms with E-state index in [1.807, 2.05) is 12.1 Å². The highest BCUT2D eigenvalue weighted by Crippen LogP contribution is 2.37. The van der Waals surface area contributed by atoms with Gasteiger partial charge in [-0.3, -0.25) is 9.36 Å². The molecule has 0 unspecified atom stereocenters. The number of hydrogen-bond donors (Lipinski definition) is 0. The Balaban J connectivity index is 1.67. The van der Waals surface area contributed by atoms with Crippen LogP contribution in [0.5, 0.6) is 5.75 Å². The summed E-state index contributed by atoms with van der Waals surface area (Å²) in [5.41, 5.74) is 1.86. The van der Waals surface area contributed by atoms with Gasteiger partial charge < -0.3 is 18.6 Å². The van der Waals surface area contributed by atoms with Crippen LogP contribution in [0.1, 0.15) is 48.5 Å². The molecule has 3 heterocycles. The molecule has 0 N–H and O–H groups in total. The van der Waals surface area contributed by atoms with Crippen LogP contribution in [0.15, 0.2) is 84.5 Å². The van der Waals surface area contributed by atoms with Crippen molar-refractivity contribution in [1.29, 1.82) is 0 Å². The number of allylic oxidation sites excluding steroid dienone is 1. The molecule has 0 saturated carbocycles. The van der Waals surface area contributed by atoms with E-state index in [0.717, 1.165) is 4.47 Å². The molecule has 0 aliphatic carbocycles. The smallest absolute Gasteiger partial charge is 0.338 e. The van der Waals surface area contributed by atoms with Crippen LogP contribution in [0.4, 0.5) is 0 Å². The number of fused-ring (bicyclic) bond motifs is 1. The fraction of sp³-hybridized carbons (Fsp3) is 0.226. The highest BCUT2D eigenvalue weighted by Gasteiger charge is 2.35. The zero-order valence-corrected chi connectivity index (χ0v) is 25.9. The Morgan fingerprint density at radius 3 is 2.57 bits per heavy atom. The standard InChI is InChI=1S/C31H27BrN2O7S/c1-16(2)40-30(37)26-17(3)33-31-34(27(26)22-14-18(32)10-12-23(22)38-4)28(35)25(42-31)15-19-11-13-24(41-19)20-8-6-7-9-21(20)29(36)39-5/h6-16,27H,1-5H3/b25-15-/t27-/m1/s1. The van der Waals surface area contributed by atoms with Crippen molar-refractivity contribution >= 4 is 45.3 Å². The normalized spacial score (nSPS) is 14.9. The third kappa shape index (κ3) is 5.49. The average Bonchev–Trinajstić information content (AvgIpc) is 3.55. The van der Waals surface area contributed by atoms with E-state index >= 15 is 0 Å². The van der Waals surface area contributed by atoms with Gasteiger partial charge in [-0.15, -0.1) is 0 Å².